The first-order valence-corrected chi connectivity index (χ1v) is 9.59. The van der Waals surface area contributed by atoms with E-state index in [1.807, 2.05) is 43.3 Å². The van der Waals surface area contributed by atoms with Gasteiger partial charge in [0.25, 0.3) is 0 Å². The lowest BCUT2D eigenvalue weighted by atomic mass is 10.1. The predicted octanol–water partition coefficient (Wildman–Crippen LogP) is 5.68. The van der Waals surface area contributed by atoms with Crippen molar-refractivity contribution in [2.45, 2.75) is 30.0 Å². The zero-order valence-electron chi connectivity index (χ0n) is 14.0. The molecule has 25 heavy (non-hydrogen) atoms. The first-order valence-electron chi connectivity index (χ1n) is 8.33. The van der Waals surface area contributed by atoms with Gasteiger partial charge >= 0.3 is 0 Å². The van der Waals surface area contributed by atoms with Gasteiger partial charge in [-0.15, -0.1) is 11.8 Å². The number of thioether (sulfide) groups is 1. The van der Waals surface area contributed by atoms with E-state index >= 15 is 0 Å². The fourth-order valence-electron chi connectivity index (χ4n) is 2.65. The fourth-order valence-corrected chi connectivity index (χ4v) is 3.76. The highest BCUT2D eigenvalue weighted by atomic mass is 35.5. The van der Waals surface area contributed by atoms with Crippen LogP contribution in [-0.2, 0) is 11.3 Å². The maximum Gasteiger partial charge on any atom is 0.233 e. The van der Waals surface area contributed by atoms with Gasteiger partial charge in [0, 0.05) is 16.5 Å². The number of carbonyl (C=O) groups excluding carboxylic acids is 1. The molecule has 0 fully saturated rings. The lowest BCUT2D eigenvalue weighted by Crippen LogP contribution is -2.31. The molecule has 0 radical (unpaired) electrons. The maximum absolute atomic E-state index is 12.5. The van der Waals surface area contributed by atoms with E-state index in [1.54, 1.807) is 11.8 Å². The molecule has 2 nitrogen and oxygen atoms in total. The third-order valence-corrected chi connectivity index (χ3v) is 5.66. The highest BCUT2D eigenvalue weighted by Crippen LogP contribution is 2.27. The fraction of sp³-hybridized carbons (Fsp3) is 0.190. The quantitative estimate of drug-likeness (QED) is 0.566. The molecule has 0 unspecified atom stereocenters. The van der Waals surface area contributed by atoms with Crippen LogP contribution in [0.15, 0.2) is 71.6 Å². The minimum Gasteiger partial charge on any atom is -0.351 e. The van der Waals surface area contributed by atoms with Crippen LogP contribution >= 0.6 is 23.4 Å². The number of benzene rings is 3. The molecule has 3 aromatic rings. The van der Waals surface area contributed by atoms with Crippen molar-refractivity contribution in [1.82, 2.24) is 5.32 Å². The van der Waals surface area contributed by atoms with Gasteiger partial charge in [-0.2, -0.15) is 0 Å². The second-order valence-corrected chi connectivity index (χ2v) is 7.58. The zero-order chi connectivity index (χ0) is 17.6. The van der Waals surface area contributed by atoms with Crippen molar-refractivity contribution in [2.75, 3.05) is 0 Å². The molecule has 4 heteroatoms. The molecule has 1 amide bonds. The first kappa shape index (κ1) is 17.8. The van der Waals surface area contributed by atoms with Crippen LogP contribution in [0.3, 0.4) is 0 Å². The largest absolute Gasteiger partial charge is 0.351 e. The van der Waals surface area contributed by atoms with E-state index in [4.69, 9.17) is 11.6 Å². The zero-order valence-corrected chi connectivity index (χ0v) is 15.6. The van der Waals surface area contributed by atoms with E-state index in [1.165, 1.54) is 10.8 Å². The van der Waals surface area contributed by atoms with Crippen LogP contribution in [0.4, 0.5) is 0 Å². The number of halogens is 1. The van der Waals surface area contributed by atoms with Crippen molar-refractivity contribution in [3.8, 4) is 0 Å². The summed E-state index contributed by atoms with van der Waals surface area (Å²) in [7, 11) is 0. The molecule has 128 valence electrons. The third-order valence-electron chi connectivity index (χ3n) is 4.04. The van der Waals surface area contributed by atoms with Crippen LogP contribution < -0.4 is 5.32 Å². The summed E-state index contributed by atoms with van der Waals surface area (Å²) in [5.41, 5.74) is 1.11. The van der Waals surface area contributed by atoms with Gasteiger partial charge in [-0.1, -0.05) is 54.9 Å². The van der Waals surface area contributed by atoms with Crippen LogP contribution in [0.2, 0.25) is 5.02 Å². The average Bonchev–Trinajstić information content (AvgIpc) is 2.65. The SMILES string of the molecule is CC[C@@H](Sc1ccc(Cl)cc1)C(=O)NCc1ccc2ccccc2c1. The molecule has 0 aromatic heterocycles. The topological polar surface area (TPSA) is 29.1 Å². The summed E-state index contributed by atoms with van der Waals surface area (Å²) in [6.07, 6.45) is 0.775. The Morgan fingerprint density at radius 1 is 1.04 bits per heavy atom. The minimum atomic E-state index is -0.110. The van der Waals surface area contributed by atoms with E-state index in [-0.39, 0.29) is 11.2 Å². The van der Waals surface area contributed by atoms with Gasteiger partial charge in [-0.25, -0.2) is 0 Å². The second-order valence-electron chi connectivity index (χ2n) is 5.87. The second kappa shape index (κ2) is 8.41. The molecular formula is C21H20ClNOS. The maximum atomic E-state index is 12.5. The van der Waals surface area contributed by atoms with E-state index in [2.05, 4.69) is 35.6 Å². The van der Waals surface area contributed by atoms with Crippen LogP contribution in [0, 0.1) is 0 Å². The van der Waals surface area contributed by atoms with Gasteiger partial charge < -0.3 is 5.32 Å². The molecule has 0 saturated heterocycles. The molecule has 0 aliphatic carbocycles. The highest BCUT2D eigenvalue weighted by Gasteiger charge is 2.17. The standard InChI is InChI=1S/C21H20ClNOS/c1-2-20(25-19-11-9-18(22)10-12-19)21(24)23-14-15-7-8-16-5-3-4-6-17(16)13-15/h3-13,20H,2,14H2,1H3,(H,23,24)/t20-/m1/s1. The van der Waals surface area contributed by atoms with Crippen molar-refractivity contribution in [1.29, 1.82) is 0 Å². The van der Waals surface area contributed by atoms with Gasteiger partial charge in [0.05, 0.1) is 5.25 Å². The van der Waals surface area contributed by atoms with Crippen molar-refractivity contribution in [3.05, 3.63) is 77.3 Å². The van der Waals surface area contributed by atoms with Crippen LogP contribution in [0.1, 0.15) is 18.9 Å². The van der Waals surface area contributed by atoms with Gasteiger partial charge in [-0.05, 0) is 53.1 Å². The number of carbonyl (C=O) groups is 1. The van der Waals surface area contributed by atoms with Crippen LogP contribution in [0.25, 0.3) is 10.8 Å². The van der Waals surface area contributed by atoms with Crippen LogP contribution in [-0.4, -0.2) is 11.2 Å². The Bertz CT molecular complexity index is 863. The van der Waals surface area contributed by atoms with Crippen molar-refractivity contribution in [3.63, 3.8) is 0 Å². The number of hydrogen-bond acceptors (Lipinski definition) is 2. The summed E-state index contributed by atoms with van der Waals surface area (Å²) in [6.45, 7) is 2.57. The Balaban J connectivity index is 1.62. The number of fused-ring (bicyclic) bond motifs is 1. The molecule has 0 aliphatic heterocycles. The minimum absolute atomic E-state index is 0.0654. The lowest BCUT2D eigenvalue weighted by Gasteiger charge is -2.15. The van der Waals surface area contributed by atoms with Gasteiger partial charge in [0.2, 0.25) is 5.91 Å². The first-order chi connectivity index (χ1) is 12.2. The number of nitrogens with one attached hydrogen (secondary N) is 1. The molecule has 3 aromatic carbocycles. The molecule has 1 N–H and O–H groups in total. The van der Waals surface area contributed by atoms with Crippen molar-refractivity contribution in [2.24, 2.45) is 0 Å². The number of amides is 1. The molecule has 0 bridgehead atoms. The predicted molar refractivity (Wildman–Crippen MR) is 107 cm³/mol. The monoisotopic (exact) mass is 369 g/mol. The van der Waals surface area contributed by atoms with E-state index in [0.717, 1.165) is 16.9 Å². The molecule has 0 heterocycles. The summed E-state index contributed by atoms with van der Waals surface area (Å²) in [6, 6.07) is 22.1. The Morgan fingerprint density at radius 2 is 1.76 bits per heavy atom. The molecule has 0 saturated carbocycles. The molecule has 0 aliphatic rings. The average molecular weight is 370 g/mol. The van der Waals surface area contributed by atoms with E-state index < -0.39 is 0 Å². The number of hydrogen-bond donors (Lipinski definition) is 1. The Morgan fingerprint density at radius 3 is 2.48 bits per heavy atom. The van der Waals surface area contributed by atoms with Gasteiger partial charge in [-0.3, -0.25) is 4.79 Å². The highest BCUT2D eigenvalue weighted by molar-refractivity contribution is 8.00. The summed E-state index contributed by atoms with van der Waals surface area (Å²) in [4.78, 5) is 13.6. The van der Waals surface area contributed by atoms with Crippen LogP contribution in [0.5, 0.6) is 0 Å². The molecule has 0 spiro atoms. The smallest absolute Gasteiger partial charge is 0.233 e. The van der Waals surface area contributed by atoms with E-state index in [0.29, 0.717) is 11.6 Å². The molecular weight excluding hydrogens is 350 g/mol. The third kappa shape index (κ3) is 4.77. The summed E-state index contributed by atoms with van der Waals surface area (Å²) < 4.78 is 0. The van der Waals surface area contributed by atoms with E-state index in [9.17, 15) is 4.79 Å². The summed E-state index contributed by atoms with van der Waals surface area (Å²) in [5, 5.41) is 6.06. The molecule has 1 atom stereocenters. The Hall–Kier alpha value is -1.97. The molecule has 3 rings (SSSR count). The lowest BCUT2D eigenvalue weighted by molar-refractivity contribution is -0.120. The summed E-state index contributed by atoms with van der Waals surface area (Å²) >= 11 is 7.49. The van der Waals surface area contributed by atoms with Crippen molar-refractivity contribution >= 4 is 40.0 Å². The van der Waals surface area contributed by atoms with Gasteiger partial charge in [0.1, 0.15) is 0 Å². The van der Waals surface area contributed by atoms with Crippen molar-refractivity contribution < 1.29 is 4.79 Å². The van der Waals surface area contributed by atoms with Gasteiger partial charge in [0.15, 0.2) is 0 Å². The Labute approximate surface area is 157 Å². The Kier molecular flexibility index (Phi) is 6.00. The number of rotatable bonds is 6. The normalized spacial score (nSPS) is 12.1. The summed E-state index contributed by atoms with van der Waals surface area (Å²) in [5.74, 6) is 0.0654.